The van der Waals surface area contributed by atoms with E-state index in [0.717, 1.165) is 4.91 Å². The lowest BCUT2D eigenvalue weighted by Crippen LogP contribution is -2.58. The molecular weight excluding hydrogens is 382 g/mol. The molecule has 1 aromatic heterocycles. The zero-order chi connectivity index (χ0) is 18.7. The van der Waals surface area contributed by atoms with E-state index in [9.17, 15) is 14.7 Å². The van der Waals surface area contributed by atoms with Gasteiger partial charge in [-0.1, -0.05) is 36.2 Å². The third kappa shape index (κ3) is 3.57. The minimum atomic E-state index is -0.899. The van der Waals surface area contributed by atoms with Crippen LogP contribution in [0.25, 0.3) is 0 Å². The lowest BCUT2D eigenvalue weighted by Gasteiger charge is -2.40. The van der Waals surface area contributed by atoms with Gasteiger partial charge in [0.2, 0.25) is 16.9 Å². The summed E-state index contributed by atoms with van der Waals surface area (Å²) in [4.78, 5) is 26.1. The molecule has 0 saturated carbocycles. The minimum absolute atomic E-state index is 0.0141. The molecule has 1 N–H and O–H groups in total. The number of aliphatic hydroxyl groups is 1. The van der Waals surface area contributed by atoms with Crippen LogP contribution >= 0.6 is 23.5 Å². The van der Waals surface area contributed by atoms with Gasteiger partial charge in [-0.2, -0.15) is 0 Å². The number of aryl methyl sites for hydroxylation is 1. The predicted molar refractivity (Wildman–Crippen MR) is 92.6 cm³/mol. The molecule has 3 rings (SSSR count). The minimum Gasteiger partial charge on any atom is -0.430 e. The van der Waals surface area contributed by atoms with E-state index in [1.165, 1.54) is 34.5 Å². The van der Waals surface area contributed by atoms with Crippen molar-refractivity contribution in [3.63, 3.8) is 0 Å². The van der Waals surface area contributed by atoms with Crippen molar-refractivity contribution in [2.24, 2.45) is 13.0 Å². The Kier molecular flexibility index (Phi) is 5.84. The quantitative estimate of drug-likeness (QED) is 0.290. The van der Waals surface area contributed by atoms with Gasteiger partial charge in [-0.15, -0.1) is 5.10 Å². The number of tetrazole rings is 1. The number of β-lactam (4-membered cyclic amide) rings is 1. The van der Waals surface area contributed by atoms with Crippen LogP contribution in [0.5, 0.6) is 0 Å². The van der Waals surface area contributed by atoms with Gasteiger partial charge < -0.3 is 14.6 Å². The molecule has 1 amide bonds. The number of thioether (sulfide) groups is 2. The molecule has 10 nitrogen and oxygen atoms in total. The number of carbonyl (C=O) groups excluding carboxylic acids is 2. The topological polar surface area (TPSA) is 120 Å². The van der Waals surface area contributed by atoms with Crippen LogP contribution in [0.1, 0.15) is 6.42 Å². The second-order valence-corrected chi connectivity index (χ2v) is 7.64. The Morgan fingerprint density at radius 3 is 3.00 bits per heavy atom. The number of ether oxygens (including phenoxy) is 2. The van der Waals surface area contributed by atoms with Crippen molar-refractivity contribution in [3.8, 4) is 0 Å². The van der Waals surface area contributed by atoms with Crippen LogP contribution < -0.4 is 0 Å². The number of fused-ring (bicyclic) bond motifs is 1. The highest BCUT2D eigenvalue weighted by Crippen LogP contribution is 2.50. The third-order valence-electron chi connectivity index (χ3n) is 3.71. The average molecular weight is 399 g/mol. The molecule has 1 saturated heterocycles. The Morgan fingerprint density at radius 2 is 2.35 bits per heavy atom. The number of rotatable bonds is 8. The molecule has 140 valence electrons. The summed E-state index contributed by atoms with van der Waals surface area (Å²) in [6.07, 6.45) is 1.07. The standard InChI is InChI=1S/C14H17N5O5S2/c1-3-5-23-14(22)24-11-9(4-6-25-13-15-16-17-18(13)2)26-12-8(7-20)10(21)19(11)12/h3,8,12,20H,1,4-7H2,2H3/t8-,12+/m0/s1. The van der Waals surface area contributed by atoms with Crippen molar-refractivity contribution < 1.29 is 24.2 Å². The lowest BCUT2D eigenvalue weighted by molar-refractivity contribution is -0.152. The Balaban J connectivity index is 1.68. The number of hydrogen-bond donors (Lipinski definition) is 1. The first kappa shape index (κ1) is 18.7. The molecule has 2 aliphatic rings. The maximum absolute atomic E-state index is 12.2. The maximum Gasteiger partial charge on any atom is 0.515 e. The molecule has 1 aromatic rings. The molecule has 0 aromatic carbocycles. The summed E-state index contributed by atoms with van der Waals surface area (Å²) in [6.45, 7) is 3.23. The van der Waals surface area contributed by atoms with Crippen LogP contribution in [0.3, 0.4) is 0 Å². The van der Waals surface area contributed by atoms with E-state index in [-0.39, 0.29) is 30.4 Å². The molecular formula is C14H17N5O5S2. The normalized spacial score (nSPS) is 21.5. The summed E-state index contributed by atoms with van der Waals surface area (Å²) in [6, 6.07) is 0. The van der Waals surface area contributed by atoms with Crippen molar-refractivity contribution in [1.82, 2.24) is 25.1 Å². The van der Waals surface area contributed by atoms with E-state index in [2.05, 4.69) is 22.1 Å². The molecule has 2 atom stereocenters. The molecule has 3 heterocycles. The first-order chi connectivity index (χ1) is 12.6. The molecule has 26 heavy (non-hydrogen) atoms. The van der Waals surface area contributed by atoms with Gasteiger partial charge in [0, 0.05) is 17.7 Å². The molecule has 0 spiro atoms. The van der Waals surface area contributed by atoms with Crippen LogP contribution in [0.2, 0.25) is 0 Å². The van der Waals surface area contributed by atoms with Crippen molar-refractivity contribution in [2.75, 3.05) is 19.0 Å². The van der Waals surface area contributed by atoms with E-state index in [1.54, 1.807) is 11.7 Å². The number of aromatic nitrogens is 4. The van der Waals surface area contributed by atoms with Gasteiger partial charge >= 0.3 is 6.16 Å². The molecule has 1 fully saturated rings. The first-order valence-corrected chi connectivity index (χ1v) is 9.57. The van der Waals surface area contributed by atoms with Gasteiger partial charge in [-0.05, 0) is 16.8 Å². The summed E-state index contributed by atoms with van der Waals surface area (Å²) in [5, 5.41) is 21.0. The number of allylic oxidation sites excluding steroid dienone is 1. The third-order valence-corrected chi connectivity index (χ3v) is 6.17. The van der Waals surface area contributed by atoms with Crippen molar-refractivity contribution in [3.05, 3.63) is 23.4 Å². The van der Waals surface area contributed by atoms with Crippen molar-refractivity contribution in [1.29, 1.82) is 0 Å². The Hall–Kier alpha value is -2.05. The first-order valence-electron chi connectivity index (χ1n) is 7.71. The van der Waals surface area contributed by atoms with Crippen LogP contribution in [0.4, 0.5) is 4.79 Å². The van der Waals surface area contributed by atoms with Crippen LogP contribution in [0.15, 0.2) is 28.6 Å². The van der Waals surface area contributed by atoms with Gasteiger partial charge in [0.25, 0.3) is 0 Å². The summed E-state index contributed by atoms with van der Waals surface area (Å²) in [7, 11) is 1.74. The molecule has 0 bridgehead atoms. The van der Waals surface area contributed by atoms with Gasteiger partial charge in [0.15, 0.2) is 0 Å². The van der Waals surface area contributed by atoms with Gasteiger partial charge in [-0.25, -0.2) is 9.48 Å². The molecule has 0 aliphatic carbocycles. The summed E-state index contributed by atoms with van der Waals surface area (Å²) in [5.74, 6) is 0.0527. The van der Waals surface area contributed by atoms with Gasteiger partial charge in [-0.3, -0.25) is 9.69 Å². The Bertz CT molecular complexity index is 752. The van der Waals surface area contributed by atoms with Crippen LogP contribution in [-0.4, -0.2) is 66.6 Å². The zero-order valence-electron chi connectivity index (χ0n) is 13.9. The number of nitrogens with zero attached hydrogens (tertiary/aromatic N) is 5. The van der Waals surface area contributed by atoms with Crippen LogP contribution in [-0.2, 0) is 21.3 Å². The highest BCUT2D eigenvalue weighted by atomic mass is 32.2. The van der Waals surface area contributed by atoms with E-state index in [4.69, 9.17) is 9.47 Å². The van der Waals surface area contributed by atoms with Crippen molar-refractivity contribution in [2.45, 2.75) is 17.0 Å². The average Bonchev–Trinajstić information content (AvgIpc) is 3.15. The predicted octanol–water partition coefficient (Wildman–Crippen LogP) is 0.724. The maximum atomic E-state index is 12.2. The summed E-state index contributed by atoms with van der Waals surface area (Å²) in [5.41, 5.74) is 0. The molecule has 2 aliphatic heterocycles. The second kappa shape index (κ2) is 8.10. The van der Waals surface area contributed by atoms with Gasteiger partial charge in [0.05, 0.1) is 12.5 Å². The Labute approximate surface area is 157 Å². The number of aliphatic hydroxyl groups excluding tert-OH is 1. The number of hydrogen-bond acceptors (Lipinski definition) is 10. The van der Waals surface area contributed by atoms with E-state index >= 15 is 0 Å². The molecule has 0 radical (unpaired) electrons. The number of carbonyl (C=O) groups is 2. The van der Waals surface area contributed by atoms with E-state index in [1.807, 2.05) is 0 Å². The Morgan fingerprint density at radius 1 is 1.54 bits per heavy atom. The fourth-order valence-corrected chi connectivity index (χ4v) is 4.82. The van der Waals surface area contributed by atoms with E-state index < -0.39 is 12.1 Å². The summed E-state index contributed by atoms with van der Waals surface area (Å²) >= 11 is 2.86. The zero-order valence-corrected chi connectivity index (χ0v) is 15.5. The largest absolute Gasteiger partial charge is 0.515 e. The van der Waals surface area contributed by atoms with Crippen LogP contribution in [0, 0.1) is 5.92 Å². The smallest absolute Gasteiger partial charge is 0.430 e. The van der Waals surface area contributed by atoms with Gasteiger partial charge in [0.1, 0.15) is 12.0 Å². The lowest BCUT2D eigenvalue weighted by atomic mass is 10.00. The number of amides is 1. The molecule has 0 unspecified atom stereocenters. The fraction of sp³-hybridized carbons (Fsp3) is 0.500. The van der Waals surface area contributed by atoms with E-state index in [0.29, 0.717) is 17.3 Å². The monoisotopic (exact) mass is 399 g/mol. The SMILES string of the molecule is C=CCOC(=O)OC1=C(CCSc2nnnn2C)S[C@@H]2[C@@H](CO)C(=O)N12. The second-order valence-electron chi connectivity index (χ2n) is 5.37. The highest BCUT2D eigenvalue weighted by Gasteiger charge is 2.55. The highest BCUT2D eigenvalue weighted by molar-refractivity contribution is 8.04. The molecule has 12 heteroatoms. The van der Waals surface area contributed by atoms with Crippen molar-refractivity contribution >= 4 is 35.6 Å². The fourth-order valence-electron chi connectivity index (χ4n) is 2.46. The summed E-state index contributed by atoms with van der Waals surface area (Å²) < 4.78 is 11.6.